The van der Waals surface area contributed by atoms with Crippen molar-refractivity contribution in [3.05, 3.63) is 65.2 Å². The summed E-state index contributed by atoms with van der Waals surface area (Å²) >= 11 is 0. The first-order valence-electron chi connectivity index (χ1n) is 7.33. The lowest BCUT2D eigenvalue weighted by molar-refractivity contribution is 0.455. The number of phenols is 1. The Morgan fingerprint density at radius 2 is 1.70 bits per heavy atom. The summed E-state index contributed by atoms with van der Waals surface area (Å²) in [7, 11) is 0. The number of hydrogen-bond donors (Lipinski definition) is 2. The molecule has 0 aliphatic heterocycles. The third-order valence-corrected chi connectivity index (χ3v) is 3.73. The summed E-state index contributed by atoms with van der Waals surface area (Å²) in [6, 6.07) is 16.6. The number of aryl methyl sites for hydroxylation is 1. The molecule has 0 bridgehead atoms. The lowest BCUT2D eigenvalue weighted by Gasteiger charge is -2.18. The largest absolute Gasteiger partial charge is 0.508 e. The van der Waals surface area contributed by atoms with Crippen molar-refractivity contribution in [2.75, 3.05) is 0 Å². The van der Waals surface area contributed by atoms with E-state index in [0.29, 0.717) is 18.3 Å². The molecule has 2 heteroatoms. The Bertz CT molecular complexity index is 533. The molecule has 0 aliphatic carbocycles. The van der Waals surface area contributed by atoms with E-state index in [0.717, 1.165) is 18.4 Å². The molecule has 2 nitrogen and oxygen atoms in total. The molecule has 0 heterocycles. The number of benzene rings is 2. The Hall–Kier alpha value is -1.80. The van der Waals surface area contributed by atoms with Crippen molar-refractivity contribution in [3.8, 4) is 5.75 Å². The normalized spacial score (nSPS) is 12.3. The van der Waals surface area contributed by atoms with Gasteiger partial charge < -0.3 is 10.4 Å². The van der Waals surface area contributed by atoms with Gasteiger partial charge in [0.2, 0.25) is 0 Å². The zero-order chi connectivity index (χ0) is 14.4. The lowest BCUT2D eigenvalue weighted by atomic mass is 10.0. The van der Waals surface area contributed by atoms with Crippen LogP contribution >= 0.6 is 0 Å². The molecule has 0 aliphatic rings. The van der Waals surface area contributed by atoms with E-state index in [1.165, 1.54) is 11.1 Å². The molecule has 1 unspecified atom stereocenters. The van der Waals surface area contributed by atoms with Crippen LogP contribution in [-0.4, -0.2) is 5.11 Å². The highest BCUT2D eigenvalue weighted by molar-refractivity contribution is 5.32. The molecule has 0 spiro atoms. The van der Waals surface area contributed by atoms with E-state index in [-0.39, 0.29) is 0 Å². The average molecular weight is 269 g/mol. The molecule has 2 aromatic carbocycles. The van der Waals surface area contributed by atoms with E-state index in [1.54, 1.807) is 6.07 Å². The Balaban J connectivity index is 2.03. The van der Waals surface area contributed by atoms with Crippen LogP contribution in [0.2, 0.25) is 0 Å². The van der Waals surface area contributed by atoms with Gasteiger partial charge in [0.15, 0.2) is 0 Å². The monoisotopic (exact) mass is 269 g/mol. The second-order valence-electron chi connectivity index (χ2n) is 5.07. The molecule has 0 aromatic heterocycles. The third kappa shape index (κ3) is 3.61. The Morgan fingerprint density at radius 3 is 2.30 bits per heavy atom. The van der Waals surface area contributed by atoms with Gasteiger partial charge in [0.05, 0.1) is 0 Å². The molecule has 0 radical (unpaired) electrons. The molecule has 2 N–H and O–H groups in total. The van der Waals surface area contributed by atoms with Crippen LogP contribution in [0, 0.1) is 0 Å². The molecule has 2 aromatic rings. The van der Waals surface area contributed by atoms with Gasteiger partial charge >= 0.3 is 0 Å². The summed E-state index contributed by atoms with van der Waals surface area (Å²) < 4.78 is 0. The minimum absolute atomic E-state index is 0.320. The molecule has 0 amide bonds. The first-order valence-corrected chi connectivity index (χ1v) is 7.33. The standard InChI is InChI=1S/C18H23NO/c1-3-14-9-11-15(12-10-14)17(4-2)19-13-16-7-5-6-8-18(16)20/h5-12,17,19-20H,3-4,13H2,1-2H3. The summed E-state index contributed by atoms with van der Waals surface area (Å²) in [4.78, 5) is 0. The van der Waals surface area contributed by atoms with Crippen LogP contribution in [0.5, 0.6) is 5.75 Å². The minimum atomic E-state index is 0.320. The zero-order valence-corrected chi connectivity index (χ0v) is 12.3. The van der Waals surface area contributed by atoms with Crippen molar-refractivity contribution in [3.63, 3.8) is 0 Å². The molecule has 106 valence electrons. The second-order valence-corrected chi connectivity index (χ2v) is 5.07. The van der Waals surface area contributed by atoms with Crippen LogP contribution in [-0.2, 0) is 13.0 Å². The van der Waals surface area contributed by atoms with Gasteiger partial charge in [0.1, 0.15) is 5.75 Å². The van der Waals surface area contributed by atoms with E-state index in [4.69, 9.17) is 0 Å². The number of para-hydroxylation sites is 1. The van der Waals surface area contributed by atoms with Gasteiger partial charge in [-0.2, -0.15) is 0 Å². The van der Waals surface area contributed by atoms with Crippen molar-refractivity contribution >= 4 is 0 Å². The summed E-state index contributed by atoms with van der Waals surface area (Å²) in [5.74, 6) is 0.358. The van der Waals surface area contributed by atoms with E-state index in [1.807, 2.05) is 18.2 Å². The van der Waals surface area contributed by atoms with Gasteiger partial charge in [-0.3, -0.25) is 0 Å². The summed E-state index contributed by atoms with van der Waals surface area (Å²) in [5.41, 5.74) is 3.61. The SMILES string of the molecule is CCc1ccc(C(CC)NCc2ccccc2O)cc1. The maximum absolute atomic E-state index is 9.79. The maximum atomic E-state index is 9.79. The van der Waals surface area contributed by atoms with E-state index in [9.17, 15) is 5.11 Å². The van der Waals surface area contributed by atoms with Crippen molar-refractivity contribution in [1.29, 1.82) is 0 Å². The summed E-state index contributed by atoms with van der Waals surface area (Å²) in [5, 5.41) is 13.3. The second kappa shape index (κ2) is 7.11. The smallest absolute Gasteiger partial charge is 0.120 e. The highest BCUT2D eigenvalue weighted by Gasteiger charge is 2.09. The van der Waals surface area contributed by atoms with Crippen molar-refractivity contribution in [1.82, 2.24) is 5.32 Å². The zero-order valence-electron chi connectivity index (χ0n) is 12.3. The predicted molar refractivity (Wildman–Crippen MR) is 83.8 cm³/mol. The molecule has 2 rings (SSSR count). The van der Waals surface area contributed by atoms with E-state index >= 15 is 0 Å². The summed E-state index contributed by atoms with van der Waals surface area (Å²) in [6.07, 6.45) is 2.10. The van der Waals surface area contributed by atoms with Crippen LogP contribution in [0.3, 0.4) is 0 Å². The average Bonchev–Trinajstić information content (AvgIpc) is 2.50. The number of phenolic OH excluding ortho intramolecular Hbond substituents is 1. The van der Waals surface area contributed by atoms with Crippen molar-refractivity contribution in [2.45, 2.75) is 39.3 Å². The molecular weight excluding hydrogens is 246 g/mol. The number of rotatable bonds is 6. The number of nitrogens with one attached hydrogen (secondary N) is 1. The van der Waals surface area contributed by atoms with Gasteiger partial charge in [-0.25, -0.2) is 0 Å². The highest BCUT2D eigenvalue weighted by atomic mass is 16.3. The fourth-order valence-corrected chi connectivity index (χ4v) is 2.38. The number of hydrogen-bond acceptors (Lipinski definition) is 2. The molecule has 0 saturated carbocycles. The molecule has 20 heavy (non-hydrogen) atoms. The molecular formula is C18H23NO. The first-order chi connectivity index (χ1) is 9.74. The van der Waals surface area contributed by atoms with Gasteiger partial charge in [0, 0.05) is 18.2 Å². The maximum Gasteiger partial charge on any atom is 0.120 e. The van der Waals surface area contributed by atoms with E-state index < -0.39 is 0 Å². The number of aromatic hydroxyl groups is 1. The lowest BCUT2D eigenvalue weighted by Crippen LogP contribution is -2.20. The third-order valence-electron chi connectivity index (χ3n) is 3.73. The van der Waals surface area contributed by atoms with Gasteiger partial charge in [-0.15, -0.1) is 0 Å². The van der Waals surface area contributed by atoms with Gasteiger partial charge in [0.25, 0.3) is 0 Å². The minimum Gasteiger partial charge on any atom is -0.508 e. The molecule has 0 saturated heterocycles. The van der Waals surface area contributed by atoms with Gasteiger partial charge in [-0.1, -0.05) is 56.3 Å². The van der Waals surface area contributed by atoms with Crippen LogP contribution in [0.25, 0.3) is 0 Å². The highest BCUT2D eigenvalue weighted by Crippen LogP contribution is 2.20. The Kier molecular flexibility index (Phi) is 5.19. The summed E-state index contributed by atoms with van der Waals surface area (Å²) in [6.45, 7) is 5.03. The topological polar surface area (TPSA) is 32.3 Å². The Morgan fingerprint density at radius 1 is 1.00 bits per heavy atom. The van der Waals surface area contributed by atoms with Crippen molar-refractivity contribution < 1.29 is 5.11 Å². The van der Waals surface area contributed by atoms with Crippen LogP contribution in [0.1, 0.15) is 43.0 Å². The van der Waals surface area contributed by atoms with Crippen LogP contribution in [0.15, 0.2) is 48.5 Å². The van der Waals surface area contributed by atoms with Crippen molar-refractivity contribution in [2.24, 2.45) is 0 Å². The van der Waals surface area contributed by atoms with Crippen LogP contribution < -0.4 is 5.32 Å². The predicted octanol–water partition coefficient (Wildman–Crippen LogP) is 4.20. The van der Waals surface area contributed by atoms with Gasteiger partial charge in [-0.05, 0) is 30.0 Å². The quantitative estimate of drug-likeness (QED) is 0.824. The Labute approximate surface area is 121 Å². The molecule has 1 atom stereocenters. The van der Waals surface area contributed by atoms with Crippen LogP contribution in [0.4, 0.5) is 0 Å². The fourth-order valence-electron chi connectivity index (χ4n) is 2.38. The fraction of sp³-hybridized carbons (Fsp3) is 0.333. The molecule has 0 fully saturated rings. The van der Waals surface area contributed by atoms with E-state index in [2.05, 4.69) is 43.4 Å². The first kappa shape index (κ1) is 14.6.